The molecular formula is C26H30N6O4. The molecule has 0 spiro atoms. The first kappa shape index (κ1) is 23.8. The number of hydrogen-bond acceptors (Lipinski definition) is 8. The number of hydrogen-bond donors (Lipinski definition) is 3. The summed E-state index contributed by atoms with van der Waals surface area (Å²) >= 11 is 0. The van der Waals surface area contributed by atoms with Gasteiger partial charge in [-0.05, 0) is 43.1 Å². The number of nitrogens with one attached hydrogen (secondary N) is 2. The Morgan fingerprint density at radius 1 is 1.19 bits per heavy atom. The SMILES string of the molecule is COc1ccccc1-n1cnc(N)c(C(=O)Nc2cccc(C3CCCN3)c2N2CCOCC2)c1=O. The predicted molar refractivity (Wildman–Crippen MR) is 138 cm³/mol. The van der Waals surface area contributed by atoms with Crippen LogP contribution < -0.4 is 31.6 Å². The van der Waals surface area contributed by atoms with Crippen LogP contribution >= 0.6 is 0 Å². The van der Waals surface area contributed by atoms with Gasteiger partial charge in [-0.2, -0.15) is 0 Å². The number of nitrogen functional groups attached to an aromatic ring is 1. The Morgan fingerprint density at radius 3 is 2.75 bits per heavy atom. The number of amides is 1. The lowest BCUT2D eigenvalue weighted by Crippen LogP contribution is -2.38. The number of anilines is 3. The van der Waals surface area contributed by atoms with Gasteiger partial charge in [0.15, 0.2) is 0 Å². The highest BCUT2D eigenvalue weighted by atomic mass is 16.5. The molecular weight excluding hydrogens is 460 g/mol. The van der Waals surface area contributed by atoms with E-state index in [0.717, 1.165) is 30.6 Å². The molecule has 10 nitrogen and oxygen atoms in total. The van der Waals surface area contributed by atoms with Crippen LogP contribution in [0.2, 0.25) is 0 Å². The largest absolute Gasteiger partial charge is 0.495 e. The summed E-state index contributed by atoms with van der Waals surface area (Å²) in [6, 6.07) is 13.1. The maximum Gasteiger partial charge on any atom is 0.273 e. The number of benzene rings is 2. The summed E-state index contributed by atoms with van der Waals surface area (Å²) in [7, 11) is 1.52. The van der Waals surface area contributed by atoms with Crippen molar-refractivity contribution in [3.8, 4) is 11.4 Å². The third-order valence-electron chi connectivity index (χ3n) is 6.65. The number of methoxy groups -OCH3 is 1. The van der Waals surface area contributed by atoms with Crippen molar-refractivity contribution in [3.05, 3.63) is 70.3 Å². The van der Waals surface area contributed by atoms with Crippen LogP contribution in [0.4, 0.5) is 17.2 Å². The summed E-state index contributed by atoms with van der Waals surface area (Å²) in [6.07, 6.45) is 3.42. The molecule has 3 heterocycles. The minimum atomic E-state index is -0.611. The normalized spacial score (nSPS) is 17.7. The summed E-state index contributed by atoms with van der Waals surface area (Å²) in [5.74, 6) is -0.269. The molecule has 36 heavy (non-hydrogen) atoms. The van der Waals surface area contributed by atoms with Crippen molar-refractivity contribution in [2.45, 2.75) is 18.9 Å². The highest BCUT2D eigenvalue weighted by molar-refractivity contribution is 6.08. The second kappa shape index (κ2) is 10.4. The molecule has 1 amide bonds. The van der Waals surface area contributed by atoms with Crippen molar-refractivity contribution >= 4 is 23.1 Å². The van der Waals surface area contributed by atoms with Crippen molar-refractivity contribution in [2.24, 2.45) is 0 Å². The maximum atomic E-state index is 13.5. The zero-order valence-corrected chi connectivity index (χ0v) is 20.2. The fourth-order valence-corrected chi connectivity index (χ4v) is 4.90. The molecule has 0 aliphatic carbocycles. The van der Waals surface area contributed by atoms with E-state index in [1.807, 2.05) is 12.1 Å². The van der Waals surface area contributed by atoms with Crippen molar-refractivity contribution in [3.63, 3.8) is 0 Å². The Morgan fingerprint density at radius 2 is 2.00 bits per heavy atom. The molecule has 0 radical (unpaired) electrons. The van der Waals surface area contributed by atoms with E-state index in [-0.39, 0.29) is 17.4 Å². The molecule has 0 bridgehead atoms. The zero-order chi connectivity index (χ0) is 25.1. The Bertz CT molecular complexity index is 1310. The quantitative estimate of drug-likeness (QED) is 0.481. The molecule has 1 unspecified atom stereocenters. The van der Waals surface area contributed by atoms with Gasteiger partial charge in [0, 0.05) is 19.1 Å². The van der Waals surface area contributed by atoms with Gasteiger partial charge in [0.25, 0.3) is 11.5 Å². The van der Waals surface area contributed by atoms with Crippen LogP contribution in [0.15, 0.2) is 53.6 Å². The molecule has 2 aliphatic heterocycles. The van der Waals surface area contributed by atoms with Gasteiger partial charge >= 0.3 is 0 Å². The number of rotatable bonds is 6. The lowest BCUT2D eigenvalue weighted by molar-refractivity contribution is 0.102. The average Bonchev–Trinajstić information content (AvgIpc) is 3.44. The number of nitrogens with two attached hydrogens (primary N) is 1. The fraction of sp³-hybridized carbons (Fsp3) is 0.346. The topological polar surface area (TPSA) is 124 Å². The number of aromatic nitrogens is 2. The van der Waals surface area contributed by atoms with Gasteiger partial charge in [0.1, 0.15) is 23.5 Å². The summed E-state index contributed by atoms with van der Waals surface area (Å²) in [4.78, 5) is 33.3. The first-order valence-electron chi connectivity index (χ1n) is 12.1. The monoisotopic (exact) mass is 490 g/mol. The maximum absolute atomic E-state index is 13.5. The second-order valence-electron chi connectivity index (χ2n) is 8.80. The molecule has 10 heteroatoms. The van der Waals surface area contributed by atoms with Gasteiger partial charge in [-0.25, -0.2) is 4.98 Å². The molecule has 2 fully saturated rings. The van der Waals surface area contributed by atoms with Crippen molar-refractivity contribution in [1.82, 2.24) is 14.9 Å². The number of nitrogens with zero attached hydrogens (tertiary/aromatic N) is 3. The van der Waals surface area contributed by atoms with E-state index >= 15 is 0 Å². The molecule has 2 aliphatic rings. The van der Waals surface area contributed by atoms with Crippen LogP contribution in [0.3, 0.4) is 0 Å². The van der Waals surface area contributed by atoms with E-state index in [0.29, 0.717) is 43.4 Å². The van der Waals surface area contributed by atoms with E-state index in [4.69, 9.17) is 15.2 Å². The third-order valence-corrected chi connectivity index (χ3v) is 6.65. The van der Waals surface area contributed by atoms with E-state index in [9.17, 15) is 9.59 Å². The van der Waals surface area contributed by atoms with Crippen LogP contribution in [-0.4, -0.2) is 55.4 Å². The van der Waals surface area contributed by atoms with E-state index < -0.39 is 11.5 Å². The van der Waals surface area contributed by atoms with Crippen LogP contribution in [0.25, 0.3) is 5.69 Å². The second-order valence-corrected chi connectivity index (χ2v) is 8.80. The Hall–Kier alpha value is -3.89. The minimum absolute atomic E-state index is 0.134. The van der Waals surface area contributed by atoms with Gasteiger partial charge < -0.3 is 30.7 Å². The van der Waals surface area contributed by atoms with Crippen LogP contribution in [-0.2, 0) is 4.74 Å². The Kier molecular flexibility index (Phi) is 6.88. The van der Waals surface area contributed by atoms with Crippen molar-refractivity contribution in [2.75, 3.05) is 55.9 Å². The number of carbonyl (C=O) groups is 1. The highest BCUT2D eigenvalue weighted by Gasteiger charge is 2.27. The molecule has 2 saturated heterocycles. The van der Waals surface area contributed by atoms with Crippen LogP contribution in [0.1, 0.15) is 34.8 Å². The molecule has 0 saturated carbocycles. The number of ether oxygens (including phenoxy) is 2. The lowest BCUT2D eigenvalue weighted by atomic mass is 10.0. The van der Waals surface area contributed by atoms with Gasteiger partial charge in [-0.1, -0.05) is 24.3 Å². The Labute approximate surface area is 209 Å². The van der Waals surface area contributed by atoms with Gasteiger partial charge in [-0.15, -0.1) is 0 Å². The van der Waals surface area contributed by atoms with E-state index in [2.05, 4.69) is 26.6 Å². The van der Waals surface area contributed by atoms with Gasteiger partial charge in [0.05, 0.1) is 37.4 Å². The summed E-state index contributed by atoms with van der Waals surface area (Å²) < 4.78 is 12.2. The summed E-state index contributed by atoms with van der Waals surface area (Å²) in [5.41, 5.74) is 8.41. The molecule has 1 aromatic heterocycles. The average molecular weight is 491 g/mol. The number of carbonyl (C=O) groups excluding carboxylic acids is 1. The smallest absolute Gasteiger partial charge is 0.273 e. The summed E-state index contributed by atoms with van der Waals surface area (Å²) in [6.45, 7) is 3.60. The fourth-order valence-electron chi connectivity index (χ4n) is 4.90. The summed E-state index contributed by atoms with van der Waals surface area (Å²) in [5, 5.41) is 6.52. The number of morpholine rings is 1. The molecule has 5 rings (SSSR count). The van der Waals surface area contributed by atoms with E-state index in [1.165, 1.54) is 18.0 Å². The molecule has 1 atom stereocenters. The first-order valence-corrected chi connectivity index (χ1v) is 12.1. The standard InChI is InChI=1S/C26H30N6O4/c1-35-21-10-3-2-9-20(21)32-16-29-24(27)22(26(32)34)25(33)30-19-7-4-6-17(18-8-5-11-28-18)23(19)31-12-14-36-15-13-31/h2-4,6-7,9-10,16,18,28H,5,8,11-15,27H2,1H3,(H,30,33). The molecule has 3 aromatic rings. The Balaban J connectivity index is 1.54. The third kappa shape index (κ3) is 4.52. The number of para-hydroxylation sites is 3. The van der Waals surface area contributed by atoms with Crippen molar-refractivity contribution in [1.29, 1.82) is 0 Å². The predicted octanol–water partition coefficient (Wildman–Crippen LogP) is 2.34. The van der Waals surface area contributed by atoms with Crippen molar-refractivity contribution < 1.29 is 14.3 Å². The molecule has 2 aromatic carbocycles. The first-order chi connectivity index (χ1) is 17.6. The lowest BCUT2D eigenvalue weighted by Gasteiger charge is -2.33. The van der Waals surface area contributed by atoms with Crippen LogP contribution in [0.5, 0.6) is 5.75 Å². The van der Waals surface area contributed by atoms with Crippen LogP contribution in [0, 0.1) is 0 Å². The zero-order valence-electron chi connectivity index (χ0n) is 20.2. The van der Waals surface area contributed by atoms with Gasteiger partial charge in [-0.3, -0.25) is 14.2 Å². The molecule has 188 valence electrons. The minimum Gasteiger partial charge on any atom is -0.495 e. The molecule has 4 N–H and O–H groups in total. The van der Waals surface area contributed by atoms with E-state index in [1.54, 1.807) is 24.3 Å². The van der Waals surface area contributed by atoms with Gasteiger partial charge in [0.2, 0.25) is 0 Å². The highest BCUT2D eigenvalue weighted by Crippen LogP contribution is 2.38.